The van der Waals surface area contributed by atoms with Gasteiger partial charge in [0.1, 0.15) is 12.2 Å². The summed E-state index contributed by atoms with van der Waals surface area (Å²) in [5, 5.41) is 12.0. The fraction of sp³-hybridized carbons (Fsp3) is 0.643. The van der Waals surface area contributed by atoms with Crippen molar-refractivity contribution in [2.24, 2.45) is 18.9 Å². The lowest BCUT2D eigenvalue weighted by Gasteiger charge is -2.42. The number of likely N-dealkylation sites (tertiary alicyclic amines) is 1. The Bertz CT molecular complexity index is 1120. The Kier molecular flexibility index (Phi) is 6.15. The zero-order valence-corrected chi connectivity index (χ0v) is 21.3. The maximum atomic E-state index is 14.2. The van der Waals surface area contributed by atoms with E-state index in [2.05, 4.69) is 50.9 Å². The van der Waals surface area contributed by atoms with Crippen LogP contribution in [0.3, 0.4) is 0 Å². The quantitative estimate of drug-likeness (QED) is 0.586. The third-order valence-electron chi connectivity index (χ3n) is 8.95. The van der Waals surface area contributed by atoms with Crippen LogP contribution >= 0.6 is 0 Å². The molecule has 8 heteroatoms. The number of nitrogens with zero attached hydrogens (tertiary/aromatic N) is 4. The number of alkyl halides is 2. The Morgan fingerprint density at radius 1 is 1.25 bits per heavy atom. The van der Waals surface area contributed by atoms with Crippen molar-refractivity contribution >= 4 is 0 Å². The van der Waals surface area contributed by atoms with Gasteiger partial charge >= 0.3 is 0 Å². The summed E-state index contributed by atoms with van der Waals surface area (Å²) in [7, 11) is 1.98. The van der Waals surface area contributed by atoms with Crippen LogP contribution in [0.25, 0.3) is 0 Å². The maximum Gasteiger partial charge on any atom is 0.253 e. The fourth-order valence-corrected chi connectivity index (χ4v) is 6.18. The molecular formula is C28H37F2N5O. The van der Waals surface area contributed by atoms with E-state index in [0.717, 1.165) is 31.0 Å². The molecule has 6 rings (SSSR count). The number of aryl methyl sites for hydroxylation is 1. The number of hydrogen-bond acceptors (Lipinski definition) is 5. The molecule has 1 unspecified atom stereocenters. The smallest absolute Gasteiger partial charge is 0.253 e. The predicted octanol–water partition coefficient (Wildman–Crippen LogP) is 4.39. The van der Waals surface area contributed by atoms with Gasteiger partial charge in [0.15, 0.2) is 0 Å². The van der Waals surface area contributed by atoms with Crippen LogP contribution in [0.4, 0.5) is 8.78 Å². The Morgan fingerprint density at radius 3 is 2.75 bits per heavy atom. The van der Waals surface area contributed by atoms with Crippen LogP contribution < -0.4 is 5.32 Å². The molecule has 0 spiro atoms. The minimum atomic E-state index is -2.54. The third kappa shape index (κ3) is 4.58. The van der Waals surface area contributed by atoms with E-state index < -0.39 is 11.8 Å². The van der Waals surface area contributed by atoms with Crippen molar-refractivity contribution in [1.82, 2.24) is 25.0 Å². The lowest BCUT2D eigenvalue weighted by Crippen LogP contribution is -2.50. The molecule has 194 valence electrons. The molecule has 2 saturated heterocycles. The van der Waals surface area contributed by atoms with Gasteiger partial charge in [-0.05, 0) is 41.7 Å². The number of aromatic nitrogens is 3. The molecule has 4 aliphatic rings. The summed E-state index contributed by atoms with van der Waals surface area (Å²) in [5.74, 6) is -1.42. The summed E-state index contributed by atoms with van der Waals surface area (Å²) >= 11 is 0. The van der Waals surface area contributed by atoms with E-state index in [4.69, 9.17) is 4.74 Å². The summed E-state index contributed by atoms with van der Waals surface area (Å²) in [5.41, 5.74) is 3.85. The summed E-state index contributed by atoms with van der Waals surface area (Å²) in [4.78, 5) is 2.34. The van der Waals surface area contributed by atoms with Crippen LogP contribution in [0.5, 0.6) is 0 Å². The monoisotopic (exact) mass is 497 g/mol. The number of halogens is 2. The third-order valence-corrected chi connectivity index (χ3v) is 8.95. The Balaban J connectivity index is 1.18. The minimum Gasteiger partial charge on any atom is -0.384 e. The van der Waals surface area contributed by atoms with Gasteiger partial charge in [-0.3, -0.25) is 4.90 Å². The molecule has 2 aromatic rings. The first-order valence-electron chi connectivity index (χ1n) is 13.4. The van der Waals surface area contributed by atoms with Gasteiger partial charge in [-0.2, -0.15) is 0 Å². The zero-order chi connectivity index (χ0) is 24.9. The molecule has 6 nitrogen and oxygen atoms in total. The number of benzene rings is 1. The van der Waals surface area contributed by atoms with Gasteiger partial charge in [0.2, 0.25) is 0 Å². The minimum absolute atomic E-state index is 0.0306. The molecule has 1 aromatic heterocycles. The predicted molar refractivity (Wildman–Crippen MR) is 134 cm³/mol. The van der Waals surface area contributed by atoms with E-state index >= 15 is 0 Å². The number of piperidine rings is 1. The second-order valence-corrected chi connectivity index (χ2v) is 11.7. The Morgan fingerprint density at radius 2 is 2.08 bits per heavy atom. The molecule has 1 saturated carbocycles. The Hall–Kier alpha value is -2.32. The molecular weight excluding hydrogens is 460 g/mol. The SMILES string of the molecule is C[C@@H]1CN([C@H](CC2CC2)C2=CNC(c3cccc(C4(Cc5nncn5C)COC4)c3)C2)CCC1(F)F. The van der Waals surface area contributed by atoms with Crippen molar-refractivity contribution in [3.63, 3.8) is 0 Å². The standard InChI is InChI=1S/C28H37F2N5O/c1-19-15-35(9-8-28(19,29)30)25(10-20-6-7-20)22-12-24(31-14-22)21-4-3-5-23(11-21)27(16-36-17-27)13-26-33-32-18-34(26)2/h3-5,11,14,18-20,24-25,31H,6-10,12-13,15-17H2,1-2H3/t19-,24?,25-/m1/s1. The Labute approximate surface area is 212 Å². The highest BCUT2D eigenvalue weighted by Gasteiger charge is 2.45. The number of ether oxygens (including phenoxy) is 1. The second-order valence-electron chi connectivity index (χ2n) is 11.7. The molecule has 0 bridgehead atoms. The molecule has 0 radical (unpaired) electrons. The van der Waals surface area contributed by atoms with Crippen molar-refractivity contribution < 1.29 is 13.5 Å². The molecule has 1 aliphatic carbocycles. The van der Waals surface area contributed by atoms with Crippen molar-refractivity contribution in [3.05, 3.63) is 59.3 Å². The van der Waals surface area contributed by atoms with Gasteiger partial charge in [0.05, 0.1) is 19.3 Å². The van der Waals surface area contributed by atoms with Gasteiger partial charge < -0.3 is 14.6 Å². The van der Waals surface area contributed by atoms with Gasteiger partial charge in [-0.15, -0.1) is 10.2 Å². The summed E-state index contributed by atoms with van der Waals surface area (Å²) in [6, 6.07) is 9.35. The number of rotatable bonds is 8. The van der Waals surface area contributed by atoms with E-state index in [9.17, 15) is 8.78 Å². The van der Waals surface area contributed by atoms with Gasteiger partial charge in [-0.25, -0.2) is 8.78 Å². The lowest BCUT2D eigenvalue weighted by atomic mass is 9.75. The maximum absolute atomic E-state index is 14.2. The summed E-state index contributed by atoms with van der Waals surface area (Å²) in [6.07, 6.45) is 9.27. The van der Waals surface area contributed by atoms with E-state index in [1.165, 1.54) is 29.5 Å². The highest BCUT2D eigenvalue weighted by Crippen LogP contribution is 2.43. The van der Waals surface area contributed by atoms with Gasteiger partial charge in [0, 0.05) is 50.4 Å². The first kappa shape index (κ1) is 24.0. The van der Waals surface area contributed by atoms with E-state index in [-0.39, 0.29) is 23.9 Å². The highest BCUT2D eigenvalue weighted by atomic mass is 19.3. The van der Waals surface area contributed by atoms with E-state index in [1.807, 2.05) is 11.6 Å². The molecule has 3 fully saturated rings. The average Bonchev–Trinajstić information content (AvgIpc) is 3.36. The first-order valence-corrected chi connectivity index (χ1v) is 13.4. The summed E-state index contributed by atoms with van der Waals surface area (Å²) in [6.45, 7) is 4.04. The first-order chi connectivity index (χ1) is 17.3. The van der Waals surface area contributed by atoms with Gasteiger partial charge in [-0.1, -0.05) is 44.0 Å². The fourth-order valence-electron chi connectivity index (χ4n) is 6.18. The highest BCUT2D eigenvalue weighted by molar-refractivity contribution is 5.37. The molecule has 3 aliphatic heterocycles. The van der Waals surface area contributed by atoms with Crippen LogP contribution in [0.2, 0.25) is 0 Å². The summed E-state index contributed by atoms with van der Waals surface area (Å²) < 4.78 is 36.1. The topological polar surface area (TPSA) is 55.2 Å². The van der Waals surface area contributed by atoms with Crippen molar-refractivity contribution in [2.45, 2.75) is 68.9 Å². The van der Waals surface area contributed by atoms with Crippen LogP contribution in [0.1, 0.15) is 62.0 Å². The lowest BCUT2D eigenvalue weighted by molar-refractivity contribution is -0.104. The number of hydrogen-bond donors (Lipinski definition) is 1. The van der Waals surface area contributed by atoms with Crippen molar-refractivity contribution in [3.8, 4) is 0 Å². The normalized spacial score (nSPS) is 28.3. The molecule has 3 atom stereocenters. The average molecular weight is 498 g/mol. The molecule has 1 N–H and O–H groups in total. The van der Waals surface area contributed by atoms with Crippen LogP contribution in [-0.4, -0.2) is 57.9 Å². The van der Waals surface area contributed by atoms with Crippen LogP contribution in [0, 0.1) is 11.8 Å². The molecule has 36 heavy (non-hydrogen) atoms. The van der Waals surface area contributed by atoms with E-state index in [1.54, 1.807) is 13.3 Å². The molecule has 1 aromatic carbocycles. The number of nitrogens with one attached hydrogen (secondary N) is 1. The largest absolute Gasteiger partial charge is 0.384 e. The molecule has 0 amide bonds. The van der Waals surface area contributed by atoms with Crippen LogP contribution in [-0.2, 0) is 23.6 Å². The van der Waals surface area contributed by atoms with Gasteiger partial charge in [0.25, 0.3) is 5.92 Å². The zero-order valence-electron chi connectivity index (χ0n) is 21.3. The van der Waals surface area contributed by atoms with Crippen molar-refractivity contribution in [2.75, 3.05) is 26.3 Å². The van der Waals surface area contributed by atoms with E-state index in [0.29, 0.717) is 26.3 Å². The van der Waals surface area contributed by atoms with Crippen LogP contribution in [0.15, 0.2) is 42.4 Å². The molecule has 4 heterocycles. The van der Waals surface area contributed by atoms with Crippen molar-refractivity contribution in [1.29, 1.82) is 0 Å². The second kappa shape index (κ2) is 9.21.